The number of phenols is 1. The van der Waals surface area contributed by atoms with Gasteiger partial charge in [-0.25, -0.2) is 0 Å². The number of benzene rings is 5. The average Bonchev–Trinajstić information content (AvgIpc) is 3.03. The summed E-state index contributed by atoms with van der Waals surface area (Å²) in [5, 5.41) is 24.4. The first-order valence-electron chi connectivity index (χ1n) is 14.1. The molecule has 42 heavy (non-hydrogen) atoms. The number of phenolic OH excluding ortho intramolecular Hbond substituents is 1. The average molecular weight is 556 g/mol. The third-order valence-electron chi connectivity index (χ3n) is 7.83. The molecule has 5 nitrogen and oxygen atoms in total. The zero-order chi connectivity index (χ0) is 29.5. The Labute approximate surface area is 246 Å². The maximum Gasteiger partial charge on any atom is 0.315 e. The summed E-state index contributed by atoms with van der Waals surface area (Å²) in [7, 11) is 0. The Kier molecular flexibility index (Phi) is 8.49. The number of aliphatic carboxylic acids is 1. The van der Waals surface area contributed by atoms with E-state index in [0.717, 1.165) is 27.9 Å². The Morgan fingerprint density at radius 1 is 0.690 bits per heavy atom. The van der Waals surface area contributed by atoms with Crippen molar-refractivity contribution in [1.82, 2.24) is 0 Å². The topological polar surface area (TPSA) is 86.6 Å². The largest absolute Gasteiger partial charge is 0.507 e. The highest BCUT2D eigenvalue weighted by atomic mass is 16.4. The fourth-order valence-electron chi connectivity index (χ4n) is 5.82. The molecule has 0 saturated heterocycles. The molecule has 5 aromatic carbocycles. The van der Waals surface area contributed by atoms with Crippen molar-refractivity contribution in [3.05, 3.63) is 167 Å². The molecule has 210 valence electrons. The molecular weight excluding hydrogens is 522 g/mol. The first-order valence-corrected chi connectivity index (χ1v) is 14.1. The van der Waals surface area contributed by atoms with Crippen LogP contribution in [0.1, 0.15) is 51.9 Å². The lowest BCUT2D eigenvalue weighted by atomic mass is 9.76. The molecule has 0 heterocycles. The summed E-state index contributed by atoms with van der Waals surface area (Å²) >= 11 is 0. The second-order valence-electron chi connectivity index (χ2n) is 10.3. The summed E-state index contributed by atoms with van der Waals surface area (Å²) in [5.41, 5.74) is 3.87. The van der Waals surface area contributed by atoms with Crippen molar-refractivity contribution < 1.29 is 19.8 Å². The minimum atomic E-state index is -1.36. The number of Topliss-reactive ketones (excluding diaryl/α,β-unsaturated/α-hetero) is 1. The summed E-state index contributed by atoms with van der Waals surface area (Å²) in [4.78, 5) is 26.0. The van der Waals surface area contributed by atoms with E-state index in [2.05, 4.69) is 41.7 Å². The lowest BCUT2D eigenvalue weighted by molar-refractivity contribution is -0.140. The Morgan fingerprint density at radius 3 is 1.67 bits per heavy atom. The SMILES string of the molecule is CCC(c1cccc(NC(c2ccccc2)(c2ccccc2)c2ccccc2)c1)C(C(=O)O)C(=O)c1ccccc1O. The molecule has 5 aromatic rings. The van der Waals surface area contributed by atoms with Crippen molar-refractivity contribution in [3.8, 4) is 5.75 Å². The Hall–Kier alpha value is -5.16. The fraction of sp³-hybridized carbons (Fsp3) is 0.135. The second kappa shape index (κ2) is 12.6. The van der Waals surface area contributed by atoms with Crippen LogP contribution in [0.25, 0.3) is 0 Å². The highest BCUT2D eigenvalue weighted by Gasteiger charge is 2.38. The minimum absolute atomic E-state index is 0.00822. The summed E-state index contributed by atoms with van der Waals surface area (Å²) < 4.78 is 0. The molecule has 0 aromatic heterocycles. The molecule has 0 saturated carbocycles. The minimum Gasteiger partial charge on any atom is -0.507 e. The lowest BCUT2D eigenvalue weighted by Gasteiger charge is -2.38. The predicted octanol–water partition coefficient (Wildman–Crippen LogP) is 7.87. The predicted molar refractivity (Wildman–Crippen MR) is 166 cm³/mol. The molecule has 0 aliphatic carbocycles. The van der Waals surface area contributed by atoms with Gasteiger partial charge in [-0.15, -0.1) is 0 Å². The molecule has 2 unspecified atom stereocenters. The molecule has 3 N–H and O–H groups in total. The number of carbonyl (C=O) groups excluding carboxylic acids is 1. The highest BCUT2D eigenvalue weighted by molar-refractivity contribution is 6.10. The maximum absolute atomic E-state index is 13.5. The molecule has 0 radical (unpaired) electrons. The number of carboxylic acid groups (broad SMARTS) is 1. The zero-order valence-electron chi connectivity index (χ0n) is 23.4. The first-order chi connectivity index (χ1) is 20.5. The molecule has 2 atom stereocenters. The summed E-state index contributed by atoms with van der Waals surface area (Å²) in [5.74, 6) is -4.03. The van der Waals surface area contributed by atoms with Gasteiger partial charge in [0.1, 0.15) is 17.2 Å². The second-order valence-corrected chi connectivity index (χ2v) is 10.3. The number of rotatable bonds is 11. The van der Waals surface area contributed by atoms with E-state index in [1.165, 1.54) is 12.1 Å². The van der Waals surface area contributed by atoms with E-state index in [4.69, 9.17) is 0 Å². The number of hydrogen-bond donors (Lipinski definition) is 3. The van der Waals surface area contributed by atoms with E-state index in [1.54, 1.807) is 12.1 Å². The van der Waals surface area contributed by atoms with Crippen LogP contribution < -0.4 is 5.32 Å². The van der Waals surface area contributed by atoms with E-state index in [1.807, 2.05) is 85.8 Å². The number of carbonyl (C=O) groups is 2. The molecule has 0 bridgehead atoms. The van der Waals surface area contributed by atoms with Crippen LogP contribution in [0.5, 0.6) is 5.75 Å². The standard InChI is InChI=1S/C37H33NO4/c1-2-31(34(36(41)42)35(40)32-23-12-13-24-33(32)39)26-15-14-22-30(25-26)38-37(27-16-6-3-7-17-27,28-18-8-4-9-19-28)29-20-10-5-11-21-29/h3-25,31,34,38-39H,2H2,1H3,(H,41,42). The Balaban J connectivity index is 1.62. The third-order valence-corrected chi connectivity index (χ3v) is 7.83. The zero-order valence-corrected chi connectivity index (χ0v) is 23.4. The van der Waals surface area contributed by atoms with E-state index < -0.39 is 29.1 Å². The molecule has 5 rings (SSSR count). The molecule has 0 fully saturated rings. The van der Waals surface area contributed by atoms with Crippen LogP contribution in [0, 0.1) is 5.92 Å². The van der Waals surface area contributed by atoms with E-state index in [0.29, 0.717) is 6.42 Å². The fourth-order valence-corrected chi connectivity index (χ4v) is 5.82. The van der Waals surface area contributed by atoms with Gasteiger partial charge in [-0.3, -0.25) is 9.59 Å². The number of carboxylic acids is 1. The van der Waals surface area contributed by atoms with Crippen LogP contribution in [0.15, 0.2) is 140 Å². The molecule has 0 spiro atoms. The van der Waals surface area contributed by atoms with E-state index >= 15 is 0 Å². The van der Waals surface area contributed by atoms with Crippen LogP contribution in [0.3, 0.4) is 0 Å². The molecule has 0 amide bonds. The number of hydrogen-bond acceptors (Lipinski definition) is 4. The highest BCUT2D eigenvalue weighted by Crippen LogP contribution is 2.41. The molecule has 0 aliphatic heterocycles. The number of para-hydroxylation sites is 1. The monoisotopic (exact) mass is 555 g/mol. The number of ketones is 1. The van der Waals surface area contributed by atoms with Gasteiger partial charge < -0.3 is 15.5 Å². The smallest absolute Gasteiger partial charge is 0.315 e. The van der Waals surface area contributed by atoms with E-state index in [-0.39, 0.29) is 11.3 Å². The number of nitrogens with one attached hydrogen (secondary N) is 1. The summed E-state index contributed by atoms with van der Waals surface area (Å²) in [6.07, 6.45) is 0.418. The van der Waals surface area contributed by atoms with Gasteiger partial charge in [0.05, 0.1) is 5.56 Å². The van der Waals surface area contributed by atoms with Crippen molar-refractivity contribution in [1.29, 1.82) is 0 Å². The van der Waals surface area contributed by atoms with Gasteiger partial charge in [0.2, 0.25) is 0 Å². The van der Waals surface area contributed by atoms with E-state index in [9.17, 15) is 19.8 Å². The molecule has 5 heteroatoms. The Bertz CT molecular complexity index is 1560. The maximum atomic E-state index is 13.5. The lowest BCUT2D eigenvalue weighted by Crippen LogP contribution is -2.38. The normalized spacial score (nSPS) is 12.7. The van der Waals surface area contributed by atoms with Crippen molar-refractivity contribution in [2.75, 3.05) is 5.32 Å². The van der Waals surface area contributed by atoms with Gasteiger partial charge >= 0.3 is 5.97 Å². The quantitative estimate of drug-likeness (QED) is 0.0877. The summed E-state index contributed by atoms with van der Waals surface area (Å²) in [6.45, 7) is 1.88. The van der Waals surface area contributed by atoms with Gasteiger partial charge in [0, 0.05) is 11.6 Å². The van der Waals surface area contributed by atoms with Crippen LogP contribution >= 0.6 is 0 Å². The van der Waals surface area contributed by atoms with Crippen molar-refractivity contribution in [2.45, 2.75) is 24.8 Å². The van der Waals surface area contributed by atoms with Gasteiger partial charge in [0.25, 0.3) is 0 Å². The first kappa shape index (κ1) is 28.4. The van der Waals surface area contributed by atoms with Crippen LogP contribution in [-0.4, -0.2) is 22.0 Å². The number of anilines is 1. The van der Waals surface area contributed by atoms with Gasteiger partial charge in [-0.05, 0) is 52.9 Å². The molecular formula is C37H33NO4. The Morgan fingerprint density at radius 2 is 1.19 bits per heavy atom. The van der Waals surface area contributed by atoms with Crippen LogP contribution in [0.4, 0.5) is 5.69 Å². The van der Waals surface area contributed by atoms with Gasteiger partial charge in [-0.2, -0.15) is 0 Å². The van der Waals surface area contributed by atoms with Crippen molar-refractivity contribution in [2.24, 2.45) is 5.92 Å². The number of aromatic hydroxyl groups is 1. The van der Waals surface area contributed by atoms with Crippen molar-refractivity contribution >= 4 is 17.4 Å². The van der Waals surface area contributed by atoms with Crippen LogP contribution in [-0.2, 0) is 10.3 Å². The van der Waals surface area contributed by atoms with Gasteiger partial charge in [-0.1, -0.05) is 122 Å². The van der Waals surface area contributed by atoms with Crippen LogP contribution in [0.2, 0.25) is 0 Å². The van der Waals surface area contributed by atoms with Gasteiger partial charge in [0.15, 0.2) is 5.78 Å². The third kappa shape index (κ3) is 5.54. The van der Waals surface area contributed by atoms with Crippen molar-refractivity contribution in [3.63, 3.8) is 0 Å². The summed E-state index contributed by atoms with van der Waals surface area (Å²) in [6, 6.07) is 44.4. The molecule has 0 aliphatic rings.